The molecule has 2 aromatic rings. The Balaban J connectivity index is 2.33. The molecule has 7 heteroatoms. The molecule has 2 rings (SSSR count). The van der Waals surface area contributed by atoms with Crippen molar-refractivity contribution in [1.29, 1.82) is 0 Å². The molecule has 5 nitrogen and oxygen atoms in total. The summed E-state index contributed by atoms with van der Waals surface area (Å²) in [6, 6.07) is 9.21. The second-order valence-corrected chi connectivity index (χ2v) is 6.56. The van der Waals surface area contributed by atoms with E-state index in [4.69, 9.17) is 22.1 Å². The molecular weight excluding hydrogens is 312 g/mol. The standard InChI is InChI=1S/C14H15ClN2O3S/c1-9-3-4-10(7-13(9)16)17-21(18,19)11-5-6-14(20-2)12(15)8-11/h3-8,17H,16H2,1-2H3. The van der Waals surface area contributed by atoms with Gasteiger partial charge in [0.2, 0.25) is 0 Å². The molecule has 0 bridgehead atoms. The Bertz CT molecular complexity index is 776. The minimum atomic E-state index is -3.74. The maximum atomic E-state index is 12.3. The molecule has 0 fully saturated rings. The molecule has 0 radical (unpaired) electrons. The summed E-state index contributed by atoms with van der Waals surface area (Å²) in [5.41, 5.74) is 7.56. The first kappa shape index (κ1) is 15.5. The Kier molecular flexibility index (Phi) is 4.29. The van der Waals surface area contributed by atoms with E-state index >= 15 is 0 Å². The summed E-state index contributed by atoms with van der Waals surface area (Å²) in [5, 5.41) is 0.226. The van der Waals surface area contributed by atoms with Crippen LogP contribution in [0.4, 0.5) is 11.4 Å². The lowest BCUT2D eigenvalue weighted by Gasteiger charge is -2.11. The molecule has 0 aliphatic carbocycles. The van der Waals surface area contributed by atoms with Crippen LogP contribution in [0.2, 0.25) is 5.02 Å². The van der Waals surface area contributed by atoms with Crippen LogP contribution < -0.4 is 15.2 Å². The lowest BCUT2D eigenvalue weighted by Crippen LogP contribution is -2.13. The summed E-state index contributed by atoms with van der Waals surface area (Å²) < 4.78 is 32.1. The van der Waals surface area contributed by atoms with Crippen molar-refractivity contribution in [2.24, 2.45) is 0 Å². The third-order valence-electron chi connectivity index (χ3n) is 2.97. The molecule has 0 aliphatic heterocycles. The van der Waals surface area contributed by atoms with E-state index in [1.54, 1.807) is 18.2 Å². The maximum Gasteiger partial charge on any atom is 0.261 e. The van der Waals surface area contributed by atoms with Crippen molar-refractivity contribution in [3.63, 3.8) is 0 Å². The molecule has 0 amide bonds. The highest BCUT2D eigenvalue weighted by molar-refractivity contribution is 7.92. The van der Waals surface area contributed by atoms with Gasteiger partial charge in [0, 0.05) is 5.69 Å². The van der Waals surface area contributed by atoms with Crippen molar-refractivity contribution in [2.45, 2.75) is 11.8 Å². The van der Waals surface area contributed by atoms with Crippen molar-refractivity contribution in [1.82, 2.24) is 0 Å². The number of aryl methyl sites for hydroxylation is 1. The van der Waals surface area contributed by atoms with Crippen molar-refractivity contribution in [2.75, 3.05) is 17.6 Å². The lowest BCUT2D eigenvalue weighted by molar-refractivity contribution is 0.414. The minimum absolute atomic E-state index is 0.0486. The molecular formula is C14H15ClN2O3S. The summed E-state index contributed by atoms with van der Waals surface area (Å²) in [5.74, 6) is 0.412. The number of sulfonamides is 1. The van der Waals surface area contributed by atoms with Crippen LogP contribution in [0.5, 0.6) is 5.75 Å². The maximum absolute atomic E-state index is 12.3. The normalized spacial score (nSPS) is 11.2. The quantitative estimate of drug-likeness (QED) is 0.846. The van der Waals surface area contributed by atoms with Gasteiger partial charge in [0.15, 0.2) is 0 Å². The van der Waals surface area contributed by atoms with Crippen molar-refractivity contribution >= 4 is 33.0 Å². The largest absolute Gasteiger partial charge is 0.495 e. The number of nitrogens with two attached hydrogens (primary N) is 1. The molecule has 2 aromatic carbocycles. The fraction of sp³-hybridized carbons (Fsp3) is 0.143. The van der Waals surface area contributed by atoms with Crippen LogP contribution in [0.15, 0.2) is 41.3 Å². The number of nitrogen functional groups attached to an aromatic ring is 1. The number of rotatable bonds is 4. The third kappa shape index (κ3) is 3.40. The van der Waals surface area contributed by atoms with Gasteiger partial charge in [-0.3, -0.25) is 4.72 Å². The number of ether oxygens (including phenoxy) is 1. The topological polar surface area (TPSA) is 81.4 Å². The molecule has 0 saturated carbocycles. The van der Waals surface area contributed by atoms with Gasteiger partial charge in [0.1, 0.15) is 5.75 Å². The first-order valence-electron chi connectivity index (χ1n) is 6.06. The lowest BCUT2D eigenvalue weighted by atomic mass is 10.2. The predicted molar refractivity (Wildman–Crippen MR) is 84.4 cm³/mol. The van der Waals surface area contributed by atoms with Gasteiger partial charge in [-0.25, -0.2) is 8.42 Å². The average molecular weight is 327 g/mol. The molecule has 0 spiro atoms. The number of anilines is 2. The fourth-order valence-corrected chi connectivity index (χ4v) is 3.13. The van der Waals surface area contributed by atoms with Crippen LogP contribution >= 0.6 is 11.6 Å². The van der Waals surface area contributed by atoms with Gasteiger partial charge in [-0.05, 0) is 42.8 Å². The Hall–Kier alpha value is -1.92. The molecule has 3 N–H and O–H groups in total. The molecule has 0 saturated heterocycles. The number of hydrogen-bond acceptors (Lipinski definition) is 4. The second-order valence-electron chi connectivity index (χ2n) is 4.47. The molecule has 0 heterocycles. The smallest absolute Gasteiger partial charge is 0.261 e. The van der Waals surface area contributed by atoms with Crippen LogP contribution in [-0.2, 0) is 10.0 Å². The first-order chi connectivity index (χ1) is 9.83. The van der Waals surface area contributed by atoms with Gasteiger partial charge in [-0.1, -0.05) is 17.7 Å². The van der Waals surface area contributed by atoms with E-state index in [0.717, 1.165) is 5.56 Å². The minimum Gasteiger partial charge on any atom is -0.495 e. The summed E-state index contributed by atoms with van der Waals surface area (Å²) >= 11 is 5.95. The van der Waals surface area contributed by atoms with Crippen molar-refractivity contribution in [3.05, 3.63) is 47.0 Å². The van der Waals surface area contributed by atoms with E-state index < -0.39 is 10.0 Å². The zero-order chi connectivity index (χ0) is 15.6. The number of nitrogens with one attached hydrogen (secondary N) is 1. The summed E-state index contributed by atoms with van der Waals surface area (Å²) in [6.07, 6.45) is 0. The van der Waals surface area contributed by atoms with E-state index in [1.165, 1.54) is 25.3 Å². The van der Waals surface area contributed by atoms with Crippen LogP contribution in [0, 0.1) is 6.92 Å². The monoisotopic (exact) mass is 326 g/mol. The van der Waals surface area contributed by atoms with E-state index in [1.807, 2.05) is 6.92 Å². The van der Waals surface area contributed by atoms with E-state index in [2.05, 4.69) is 4.72 Å². The molecule has 0 atom stereocenters. The van der Waals surface area contributed by atoms with E-state index in [0.29, 0.717) is 17.1 Å². The summed E-state index contributed by atoms with van der Waals surface area (Å²) in [7, 11) is -2.27. The molecule has 0 aromatic heterocycles. The van der Waals surface area contributed by atoms with Crippen LogP contribution in [0.3, 0.4) is 0 Å². The highest BCUT2D eigenvalue weighted by Gasteiger charge is 2.16. The zero-order valence-electron chi connectivity index (χ0n) is 11.6. The number of halogens is 1. The highest BCUT2D eigenvalue weighted by Crippen LogP contribution is 2.28. The number of hydrogen-bond donors (Lipinski definition) is 2. The SMILES string of the molecule is COc1ccc(S(=O)(=O)Nc2ccc(C)c(N)c2)cc1Cl. The average Bonchev–Trinajstić information content (AvgIpc) is 2.42. The second kappa shape index (κ2) is 5.83. The van der Waals surface area contributed by atoms with E-state index in [-0.39, 0.29) is 9.92 Å². The Morgan fingerprint density at radius 3 is 2.48 bits per heavy atom. The summed E-state index contributed by atoms with van der Waals surface area (Å²) in [4.78, 5) is 0.0486. The van der Waals surface area contributed by atoms with Crippen LogP contribution in [0.25, 0.3) is 0 Å². The highest BCUT2D eigenvalue weighted by atomic mass is 35.5. The fourth-order valence-electron chi connectivity index (χ4n) is 1.73. The van der Waals surface area contributed by atoms with Gasteiger partial charge in [0.25, 0.3) is 10.0 Å². The molecule has 0 aliphatic rings. The molecule has 21 heavy (non-hydrogen) atoms. The Morgan fingerprint density at radius 1 is 1.19 bits per heavy atom. The van der Waals surface area contributed by atoms with Crippen LogP contribution in [-0.4, -0.2) is 15.5 Å². The van der Waals surface area contributed by atoms with Gasteiger partial charge in [0.05, 0.1) is 22.7 Å². The molecule has 0 unspecified atom stereocenters. The summed E-state index contributed by atoms with van der Waals surface area (Å²) in [6.45, 7) is 1.84. The Morgan fingerprint density at radius 2 is 1.90 bits per heavy atom. The van der Waals surface area contributed by atoms with E-state index in [9.17, 15) is 8.42 Å². The third-order valence-corrected chi connectivity index (χ3v) is 4.64. The van der Waals surface area contributed by atoms with Gasteiger partial charge >= 0.3 is 0 Å². The van der Waals surface area contributed by atoms with Crippen molar-refractivity contribution < 1.29 is 13.2 Å². The van der Waals surface area contributed by atoms with Crippen molar-refractivity contribution in [3.8, 4) is 5.75 Å². The van der Waals surface area contributed by atoms with Gasteiger partial charge in [-0.15, -0.1) is 0 Å². The zero-order valence-corrected chi connectivity index (χ0v) is 13.1. The Labute approximate surface area is 128 Å². The number of benzene rings is 2. The van der Waals surface area contributed by atoms with Crippen LogP contribution in [0.1, 0.15) is 5.56 Å². The van der Waals surface area contributed by atoms with Gasteiger partial charge in [-0.2, -0.15) is 0 Å². The van der Waals surface area contributed by atoms with Gasteiger partial charge < -0.3 is 10.5 Å². The first-order valence-corrected chi connectivity index (χ1v) is 7.92. The number of methoxy groups -OCH3 is 1. The predicted octanol–water partition coefficient (Wildman–Crippen LogP) is 3.04. The molecule has 112 valence electrons.